The van der Waals surface area contributed by atoms with Crippen LogP contribution in [0.1, 0.15) is 36.9 Å². The van der Waals surface area contributed by atoms with Gasteiger partial charge < -0.3 is 10.1 Å². The van der Waals surface area contributed by atoms with Crippen molar-refractivity contribution in [2.24, 2.45) is 5.92 Å². The van der Waals surface area contributed by atoms with E-state index < -0.39 is 0 Å². The van der Waals surface area contributed by atoms with Crippen LogP contribution in [-0.2, 0) is 11.2 Å². The van der Waals surface area contributed by atoms with Crippen LogP contribution in [0, 0.1) is 5.92 Å². The fraction of sp³-hybridized carbons (Fsp3) is 0.600. The van der Waals surface area contributed by atoms with Gasteiger partial charge in [0.2, 0.25) is 0 Å². The average Bonchev–Trinajstić information content (AvgIpc) is 2.89. The normalized spacial score (nSPS) is 21.6. The monoisotopic (exact) mass is 233 g/mol. The van der Waals surface area contributed by atoms with Crippen molar-refractivity contribution in [1.82, 2.24) is 5.32 Å². The summed E-state index contributed by atoms with van der Waals surface area (Å²) in [6.45, 7) is 4.08. The topological polar surface area (TPSA) is 21.3 Å². The summed E-state index contributed by atoms with van der Waals surface area (Å²) in [5.74, 6) is 0.720. The lowest BCUT2D eigenvalue weighted by Crippen LogP contribution is -2.20. The van der Waals surface area contributed by atoms with Gasteiger partial charge in [-0.05, 0) is 43.4 Å². The highest BCUT2D eigenvalue weighted by Crippen LogP contribution is 2.26. The van der Waals surface area contributed by atoms with E-state index >= 15 is 0 Å². The van der Waals surface area contributed by atoms with Crippen LogP contribution in [0.4, 0.5) is 0 Å². The molecule has 2 nitrogen and oxygen atoms in total. The molecule has 94 valence electrons. The van der Waals surface area contributed by atoms with Gasteiger partial charge in [-0.2, -0.15) is 0 Å². The number of benzene rings is 1. The van der Waals surface area contributed by atoms with E-state index in [4.69, 9.17) is 4.74 Å². The van der Waals surface area contributed by atoms with E-state index in [9.17, 15) is 0 Å². The molecule has 1 heterocycles. The van der Waals surface area contributed by atoms with Gasteiger partial charge in [0.15, 0.2) is 0 Å². The van der Waals surface area contributed by atoms with Gasteiger partial charge in [0.05, 0.1) is 0 Å². The molecule has 0 saturated carbocycles. The molecule has 1 N–H and O–H groups in total. The van der Waals surface area contributed by atoms with Crippen LogP contribution in [0.3, 0.4) is 0 Å². The smallest absolute Gasteiger partial charge is 0.0495 e. The van der Waals surface area contributed by atoms with E-state index in [1.165, 1.54) is 24.0 Å². The summed E-state index contributed by atoms with van der Waals surface area (Å²) in [5, 5.41) is 3.44. The summed E-state index contributed by atoms with van der Waals surface area (Å²) >= 11 is 0. The third-order valence-electron chi connectivity index (χ3n) is 3.70. The van der Waals surface area contributed by atoms with E-state index in [1.54, 1.807) is 0 Å². The Morgan fingerprint density at radius 2 is 2.35 bits per heavy atom. The first-order valence-electron chi connectivity index (χ1n) is 6.67. The minimum Gasteiger partial charge on any atom is -0.381 e. The van der Waals surface area contributed by atoms with E-state index in [-0.39, 0.29) is 0 Å². The van der Waals surface area contributed by atoms with Gasteiger partial charge in [0.1, 0.15) is 0 Å². The van der Waals surface area contributed by atoms with Gasteiger partial charge in [-0.15, -0.1) is 0 Å². The zero-order valence-electron chi connectivity index (χ0n) is 10.9. The average molecular weight is 233 g/mol. The Balaban J connectivity index is 2.04. The van der Waals surface area contributed by atoms with E-state index in [0.29, 0.717) is 6.04 Å². The highest BCUT2D eigenvalue weighted by molar-refractivity contribution is 5.26. The molecule has 2 heteroatoms. The zero-order valence-corrected chi connectivity index (χ0v) is 10.9. The molecule has 0 aliphatic carbocycles. The van der Waals surface area contributed by atoms with Gasteiger partial charge in [0.25, 0.3) is 0 Å². The molecule has 1 aromatic rings. The third-order valence-corrected chi connectivity index (χ3v) is 3.70. The summed E-state index contributed by atoms with van der Waals surface area (Å²) in [6, 6.07) is 9.40. The molecule has 17 heavy (non-hydrogen) atoms. The number of hydrogen-bond acceptors (Lipinski definition) is 2. The molecule has 0 aromatic heterocycles. The Labute approximate surface area is 104 Å². The molecule has 2 rings (SSSR count). The molecule has 0 spiro atoms. The Kier molecular flexibility index (Phi) is 4.57. The maximum Gasteiger partial charge on any atom is 0.0495 e. The molecule has 2 unspecified atom stereocenters. The highest BCUT2D eigenvalue weighted by Gasteiger charge is 2.20. The fourth-order valence-corrected chi connectivity index (χ4v) is 2.55. The number of nitrogens with one attached hydrogen (secondary N) is 1. The molecular weight excluding hydrogens is 210 g/mol. The van der Waals surface area contributed by atoms with Crippen LogP contribution in [0.5, 0.6) is 0 Å². The fourth-order valence-electron chi connectivity index (χ4n) is 2.55. The van der Waals surface area contributed by atoms with Crippen LogP contribution in [0.25, 0.3) is 0 Å². The number of rotatable bonds is 5. The summed E-state index contributed by atoms with van der Waals surface area (Å²) in [7, 11) is 2.05. The molecular formula is C15H23NO. The Bertz CT molecular complexity index is 345. The van der Waals surface area contributed by atoms with Crippen molar-refractivity contribution < 1.29 is 4.74 Å². The summed E-state index contributed by atoms with van der Waals surface area (Å²) in [5.41, 5.74) is 2.84. The Morgan fingerprint density at radius 3 is 3.00 bits per heavy atom. The number of aryl methyl sites for hydroxylation is 1. The van der Waals surface area contributed by atoms with Gasteiger partial charge >= 0.3 is 0 Å². The third kappa shape index (κ3) is 3.30. The molecule has 0 radical (unpaired) electrons. The molecule has 1 saturated heterocycles. The molecule has 1 fully saturated rings. The lowest BCUT2D eigenvalue weighted by Gasteiger charge is -2.20. The second kappa shape index (κ2) is 6.18. The van der Waals surface area contributed by atoms with E-state index in [0.717, 1.165) is 25.6 Å². The molecule has 0 amide bonds. The van der Waals surface area contributed by atoms with Gasteiger partial charge in [-0.25, -0.2) is 0 Å². The lowest BCUT2D eigenvalue weighted by atomic mass is 9.93. The van der Waals surface area contributed by atoms with Crippen LogP contribution in [-0.4, -0.2) is 20.3 Å². The molecule has 2 atom stereocenters. The molecule has 1 aromatic carbocycles. The van der Waals surface area contributed by atoms with Gasteiger partial charge in [-0.3, -0.25) is 0 Å². The Hall–Kier alpha value is -0.860. The van der Waals surface area contributed by atoms with Crippen LogP contribution in [0.2, 0.25) is 0 Å². The highest BCUT2D eigenvalue weighted by atomic mass is 16.5. The Morgan fingerprint density at radius 1 is 1.47 bits per heavy atom. The quantitative estimate of drug-likeness (QED) is 0.844. The zero-order chi connectivity index (χ0) is 12.1. The van der Waals surface area contributed by atoms with Crippen LogP contribution in [0.15, 0.2) is 24.3 Å². The van der Waals surface area contributed by atoms with Crippen LogP contribution < -0.4 is 5.32 Å². The standard InChI is InChI=1S/C15H23NO/c1-3-12-5-4-6-14(9-12)15(16-2)10-13-7-8-17-11-13/h4-6,9,13,15-16H,3,7-8,10-11H2,1-2H3. The van der Waals surface area contributed by atoms with Crippen molar-refractivity contribution in [3.63, 3.8) is 0 Å². The van der Waals surface area contributed by atoms with Crippen molar-refractivity contribution in [2.45, 2.75) is 32.2 Å². The lowest BCUT2D eigenvalue weighted by molar-refractivity contribution is 0.181. The SMILES string of the molecule is CCc1cccc(C(CC2CCOC2)NC)c1. The summed E-state index contributed by atoms with van der Waals surface area (Å²) in [4.78, 5) is 0. The molecule has 1 aliphatic rings. The first-order chi connectivity index (χ1) is 8.33. The van der Waals surface area contributed by atoms with Crippen molar-refractivity contribution in [1.29, 1.82) is 0 Å². The first-order valence-corrected chi connectivity index (χ1v) is 6.67. The van der Waals surface area contributed by atoms with Gasteiger partial charge in [-0.1, -0.05) is 31.2 Å². The maximum atomic E-state index is 5.46. The summed E-state index contributed by atoms with van der Waals surface area (Å²) in [6.07, 6.45) is 3.51. The van der Waals surface area contributed by atoms with Crippen LogP contribution >= 0.6 is 0 Å². The van der Waals surface area contributed by atoms with E-state index in [2.05, 4.69) is 43.6 Å². The second-order valence-corrected chi connectivity index (χ2v) is 4.91. The van der Waals surface area contributed by atoms with Gasteiger partial charge in [0, 0.05) is 19.3 Å². The molecule has 1 aliphatic heterocycles. The molecule has 0 bridgehead atoms. The van der Waals surface area contributed by atoms with Crippen molar-refractivity contribution >= 4 is 0 Å². The predicted molar refractivity (Wildman–Crippen MR) is 71.2 cm³/mol. The van der Waals surface area contributed by atoms with Crippen molar-refractivity contribution in [2.75, 3.05) is 20.3 Å². The minimum absolute atomic E-state index is 0.466. The van der Waals surface area contributed by atoms with E-state index in [1.807, 2.05) is 0 Å². The number of hydrogen-bond donors (Lipinski definition) is 1. The maximum absolute atomic E-state index is 5.46. The van der Waals surface area contributed by atoms with Crippen molar-refractivity contribution in [3.05, 3.63) is 35.4 Å². The van der Waals surface area contributed by atoms with Crippen molar-refractivity contribution in [3.8, 4) is 0 Å². The summed E-state index contributed by atoms with van der Waals surface area (Å²) < 4.78 is 5.46. The minimum atomic E-state index is 0.466. The largest absolute Gasteiger partial charge is 0.381 e. The number of ether oxygens (including phenoxy) is 1. The second-order valence-electron chi connectivity index (χ2n) is 4.91. The predicted octanol–water partition coefficient (Wildman–Crippen LogP) is 2.94. The first kappa shape index (κ1) is 12.6.